The van der Waals surface area contributed by atoms with Crippen LogP contribution < -0.4 is 9.64 Å². The van der Waals surface area contributed by atoms with Gasteiger partial charge in [-0.1, -0.05) is 18.2 Å². The number of carbonyl (C=O) groups is 1. The number of thioether (sulfide) groups is 1. The number of carbonyl (C=O) groups excluding carboxylic acids is 1. The van der Waals surface area contributed by atoms with Gasteiger partial charge in [0.1, 0.15) is 5.75 Å². The van der Waals surface area contributed by atoms with Crippen molar-refractivity contribution >= 4 is 23.2 Å². The van der Waals surface area contributed by atoms with E-state index in [1.807, 2.05) is 48.5 Å². The number of Topliss-reactive ketones (excluding diaryl/α,β-unsaturated/α-hetero) is 1. The fraction of sp³-hybridized carbons (Fsp3) is 0.316. The Kier molecular flexibility index (Phi) is 6.53. The van der Waals surface area contributed by atoms with E-state index in [2.05, 4.69) is 18.7 Å². The molecule has 0 aliphatic rings. The van der Waals surface area contributed by atoms with Gasteiger partial charge in [-0.2, -0.15) is 0 Å². The third kappa shape index (κ3) is 4.52. The summed E-state index contributed by atoms with van der Waals surface area (Å²) in [4.78, 5) is 15.8. The van der Waals surface area contributed by atoms with E-state index in [4.69, 9.17) is 4.74 Å². The zero-order valence-electron chi connectivity index (χ0n) is 13.9. The van der Waals surface area contributed by atoms with E-state index in [-0.39, 0.29) is 5.78 Å². The summed E-state index contributed by atoms with van der Waals surface area (Å²) in [7, 11) is 1.61. The van der Waals surface area contributed by atoms with Crippen LogP contribution in [0.4, 0.5) is 5.69 Å². The maximum absolute atomic E-state index is 12.5. The van der Waals surface area contributed by atoms with Gasteiger partial charge >= 0.3 is 0 Å². The number of benzene rings is 2. The molecule has 2 rings (SSSR count). The lowest BCUT2D eigenvalue weighted by Gasteiger charge is -2.22. The summed E-state index contributed by atoms with van der Waals surface area (Å²) in [5, 5.41) is 0. The van der Waals surface area contributed by atoms with Gasteiger partial charge in [0.05, 0.1) is 18.4 Å². The summed E-state index contributed by atoms with van der Waals surface area (Å²) in [6.07, 6.45) is 0. The van der Waals surface area contributed by atoms with Crippen LogP contribution in [0.2, 0.25) is 0 Å². The maximum Gasteiger partial charge on any atom is 0.176 e. The molecule has 122 valence electrons. The highest BCUT2D eigenvalue weighted by atomic mass is 32.2. The summed E-state index contributed by atoms with van der Waals surface area (Å²) >= 11 is 1.55. The number of methoxy groups -OCH3 is 1. The van der Waals surface area contributed by atoms with E-state index < -0.39 is 0 Å². The van der Waals surface area contributed by atoms with E-state index >= 15 is 0 Å². The van der Waals surface area contributed by atoms with E-state index in [1.165, 1.54) is 0 Å². The van der Waals surface area contributed by atoms with Crippen LogP contribution in [0, 0.1) is 0 Å². The number of anilines is 1. The monoisotopic (exact) mass is 329 g/mol. The minimum Gasteiger partial charge on any atom is -0.496 e. The molecule has 0 unspecified atom stereocenters. The maximum atomic E-state index is 12.5. The molecule has 3 nitrogen and oxygen atoms in total. The average molecular weight is 329 g/mol. The molecular weight excluding hydrogens is 306 g/mol. The molecule has 0 N–H and O–H groups in total. The lowest BCUT2D eigenvalue weighted by Crippen LogP contribution is -2.22. The number of hydrogen-bond donors (Lipinski definition) is 0. The number of rotatable bonds is 8. The van der Waals surface area contributed by atoms with Crippen LogP contribution in [0.1, 0.15) is 24.2 Å². The van der Waals surface area contributed by atoms with Crippen molar-refractivity contribution in [1.29, 1.82) is 0 Å². The summed E-state index contributed by atoms with van der Waals surface area (Å²) in [5.74, 6) is 1.14. The molecule has 0 bridgehead atoms. The van der Waals surface area contributed by atoms with Gasteiger partial charge in [-0.3, -0.25) is 4.79 Å². The SMILES string of the molecule is CCN(CC)c1ccc(C(=O)CSc2ccccc2)c(OC)c1. The number of ether oxygens (including phenoxy) is 1. The second kappa shape index (κ2) is 8.63. The molecule has 0 radical (unpaired) electrons. The van der Waals surface area contributed by atoms with Gasteiger partial charge in [0.25, 0.3) is 0 Å². The van der Waals surface area contributed by atoms with Crippen LogP contribution in [-0.2, 0) is 0 Å². The first-order valence-corrected chi connectivity index (χ1v) is 8.82. The van der Waals surface area contributed by atoms with Crippen LogP contribution in [0.25, 0.3) is 0 Å². The van der Waals surface area contributed by atoms with Crippen molar-refractivity contribution < 1.29 is 9.53 Å². The quantitative estimate of drug-likeness (QED) is 0.526. The zero-order chi connectivity index (χ0) is 16.7. The zero-order valence-corrected chi connectivity index (χ0v) is 14.7. The van der Waals surface area contributed by atoms with Gasteiger partial charge in [-0.15, -0.1) is 11.8 Å². The van der Waals surface area contributed by atoms with Crippen molar-refractivity contribution in [3.8, 4) is 5.75 Å². The molecule has 23 heavy (non-hydrogen) atoms. The average Bonchev–Trinajstić information content (AvgIpc) is 2.61. The number of hydrogen-bond acceptors (Lipinski definition) is 4. The van der Waals surface area contributed by atoms with Crippen molar-refractivity contribution in [2.75, 3.05) is 30.9 Å². The van der Waals surface area contributed by atoms with Gasteiger partial charge in [-0.25, -0.2) is 0 Å². The van der Waals surface area contributed by atoms with Crippen molar-refractivity contribution in [2.24, 2.45) is 0 Å². The molecule has 0 fully saturated rings. The highest BCUT2D eigenvalue weighted by Crippen LogP contribution is 2.28. The van der Waals surface area contributed by atoms with Crippen LogP contribution in [0.15, 0.2) is 53.4 Å². The number of ketones is 1. The van der Waals surface area contributed by atoms with Crippen molar-refractivity contribution in [3.63, 3.8) is 0 Å². The summed E-state index contributed by atoms with van der Waals surface area (Å²) in [6.45, 7) is 6.09. The standard InChI is InChI=1S/C19H23NO2S/c1-4-20(5-2)15-11-12-17(19(13-15)22-3)18(21)14-23-16-9-7-6-8-10-16/h6-13H,4-5,14H2,1-3H3. The van der Waals surface area contributed by atoms with Gasteiger partial charge in [0, 0.05) is 29.7 Å². The topological polar surface area (TPSA) is 29.5 Å². The first-order valence-electron chi connectivity index (χ1n) is 7.83. The molecule has 0 amide bonds. The van der Waals surface area contributed by atoms with Gasteiger partial charge < -0.3 is 9.64 Å². The van der Waals surface area contributed by atoms with Crippen molar-refractivity contribution in [1.82, 2.24) is 0 Å². The molecule has 0 saturated heterocycles. The van der Waals surface area contributed by atoms with Gasteiger partial charge in [-0.05, 0) is 38.1 Å². The normalized spacial score (nSPS) is 10.4. The molecule has 0 spiro atoms. The Morgan fingerprint density at radius 2 is 1.78 bits per heavy atom. The number of nitrogens with zero attached hydrogens (tertiary/aromatic N) is 1. The fourth-order valence-electron chi connectivity index (χ4n) is 2.44. The lowest BCUT2D eigenvalue weighted by atomic mass is 10.1. The van der Waals surface area contributed by atoms with Crippen LogP contribution in [-0.4, -0.2) is 31.7 Å². The molecule has 0 atom stereocenters. The molecule has 2 aromatic rings. The summed E-state index contributed by atoms with van der Waals surface area (Å²) in [6, 6.07) is 15.8. The Balaban J connectivity index is 2.13. The third-order valence-corrected chi connectivity index (χ3v) is 4.74. The predicted molar refractivity (Wildman–Crippen MR) is 98.1 cm³/mol. The Hall–Kier alpha value is -1.94. The third-order valence-electron chi connectivity index (χ3n) is 3.73. The second-order valence-corrected chi connectivity index (χ2v) is 6.13. The smallest absolute Gasteiger partial charge is 0.176 e. The highest BCUT2D eigenvalue weighted by Gasteiger charge is 2.14. The minimum atomic E-state index is 0.0850. The fourth-order valence-corrected chi connectivity index (χ4v) is 3.24. The predicted octanol–water partition coefficient (Wildman–Crippen LogP) is 4.52. The second-order valence-electron chi connectivity index (χ2n) is 5.08. The first-order chi connectivity index (χ1) is 11.2. The molecule has 0 aliphatic carbocycles. The van der Waals surface area contributed by atoms with E-state index in [9.17, 15) is 4.79 Å². The molecule has 0 heterocycles. The Bertz CT molecular complexity index is 639. The minimum absolute atomic E-state index is 0.0850. The van der Waals surface area contributed by atoms with E-state index in [0.717, 1.165) is 23.7 Å². The van der Waals surface area contributed by atoms with Crippen LogP contribution in [0.5, 0.6) is 5.75 Å². The Morgan fingerprint density at radius 1 is 1.09 bits per heavy atom. The van der Waals surface area contributed by atoms with E-state index in [1.54, 1.807) is 18.9 Å². The molecular formula is C19H23NO2S. The molecule has 2 aromatic carbocycles. The molecule has 4 heteroatoms. The van der Waals surface area contributed by atoms with Crippen molar-refractivity contribution in [2.45, 2.75) is 18.7 Å². The largest absolute Gasteiger partial charge is 0.496 e. The summed E-state index contributed by atoms with van der Waals surface area (Å²) < 4.78 is 5.44. The van der Waals surface area contributed by atoms with E-state index in [0.29, 0.717) is 17.1 Å². The molecule has 0 aliphatic heterocycles. The van der Waals surface area contributed by atoms with Gasteiger partial charge in [0.2, 0.25) is 0 Å². The molecule has 0 aromatic heterocycles. The van der Waals surface area contributed by atoms with Crippen LogP contribution >= 0.6 is 11.8 Å². The molecule has 0 saturated carbocycles. The Morgan fingerprint density at radius 3 is 2.39 bits per heavy atom. The van der Waals surface area contributed by atoms with Crippen LogP contribution in [0.3, 0.4) is 0 Å². The van der Waals surface area contributed by atoms with Gasteiger partial charge in [0.15, 0.2) is 5.78 Å². The van der Waals surface area contributed by atoms with Crippen molar-refractivity contribution in [3.05, 3.63) is 54.1 Å². The first kappa shape index (κ1) is 17.4. The summed E-state index contributed by atoms with van der Waals surface area (Å²) in [5.41, 5.74) is 1.73. The highest BCUT2D eigenvalue weighted by molar-refractivity contribution is 8.00. The Labute approximate surface area is 142 Å². The lowest BCUT2D eigenvalue weighted by molar-refractivity contribution is 0.101.